The van der Waals surface area contributed by atoms with Gasteiger partial charge in [-0.15, -0.1) is 0 Å². The molecule has 0 saturated carbocycles. The van der Waals surface area contributed by atoms with Crippen LogP contribution < -0.4 is 0 Å². The summed E-state index contributed by atoms with van der Waals surface area (Å²) in [6.07, 6.45) is 14.1. The highest BCUT2D eigenvalue weighted by Gasteiger charge is 2.20. The predicted molar refractivity (Wildman–Crippen MR) is 92.8 cm³/mol. The van der Waals surface area contributed by atoms with Crippen LogP contribution in [0.15, 0.2) is 0 Å². The SMILES string of the molecule is CCCCCCCCCCCC(C)(C)OCCC(C)(C)O. The molecule has 0 aromatic heterocycles. The fourth-order valence-corrected chi connectivity index (χ4v) is 2.51. The Bertz CT molecular complexity index is 228. The topological polar surface area (TPSA) is 29.5 Å². The number of hydrogen-bond donors (Lipinski definition) is 1. The average Bonchev–Trinajstić information content (AvgIpc) is 2.35. The molecule has 0 atom stereocenters. The Morgan fingerprint density at radius 2 is 1.19 bits per heavy atom. The third-order valence-corrected chi connectivity index (χ3v) is 4.09. The molecule has 0 fully saturated rings. The van der Waals surface area contributed by atoms with E-state index in [1.165, 1.54) is 57.8 Å². The van der Waals surface area contributed by atoms with Crippen LogP contribution in [0.4, 0.5) is 0 Å². The van der Waals surface area contributed by atoms with Gasteiger partial charge in [0.25, 0.3) is 0 Å². The van der Waals surface area contributed by atoms with Crippen molar-refractivity contribution in [2.45, 2.75) is 116 Å². The molecule has 0 bridgehead atoms. The van der Waals surface area contributed by atoms with Crippen LogP contribution in [0.1, 0.15) is 105 Å². The van der Waals surface area contributed by atoms with Crippen molar-refractivity contribution >= 4 is 0 Å². The van der Waals surface area contributed by atoms with Crippen molar-refractivity contribution in [2.75, 3.05) is 6.61 Å². The third-order valence-electron chi connectivity index (χ3n) is 4.09. The number of aliphatic hydroxyl groups is 1. The van der Waals surface area contributed by atoms with Gasteiger partial charge in [-0.2, -0.15) is 0 Å². The molecule has 0 amide bonds. The van der Waals surface area contributed by atoms with Crippen molar-refractivity contribution < 1.29 is 9.84 Å². The summed E-state index contributed by atoms with van der Waals surface area (Å²) in [5, 5.41) is 9.68. The van der Waals surface area contributed by atoms with Crippen molar-refractivity contribution in [2.24, 2.45) is 0 Å². The lowest BCUT2D eigenvalue weighted by Crippen LogP contribution is -2.28. The summed E-state index contributed by atoms with van der Waals surface area (Å²) in [6.45, 7) is 10.9. The van der Waals surface area contributed by atoms with Gasteiger partial charge in [-0.25, -0.2) is 0 Å². The molecule has 0 rings (SSSR count). The first kappa shape index (κ1) is 20.9. The zero-order valence-electron chi connectivity index (χ0n) is 15.3. The standard InChI is InChI=1S/C19H40O2/c1-6-7-8-9-10-11-12-13-14-15-19(4,5)21-17-16-18(2,3)20/h20H,6-17H2,1-5H3. The average molecular weight is 301 g/mol. The van der Waals surface area contributed by atoms with E-state index >= 15 is 0 Å². The molecule has 128 valence electrons. The molecule has 0 aliphatic carbocycles. The van der Waals surface area contributed by atoms with Gasteiger partial charge in [0.05, 0.1) is 17.8 Å². The van der Waals surface area contributed by atoms with E-state index in [4.69, 9.17) is 4.74 Å². The maximum atomic E-state index is 9.68. The molecular formula is C19H40O2. The normalized spacial score (nSPS) is 12.9. The largest absolute Gasteiger partial charge is 0.390 e. The van der Waals surface area contributed by atoms with Gasteiger partial charge in [0.1, 0.15) is 0 Å². The van der Waals surface area contributed by atoms with Crippen LogP contribution in [0, 0.1) is 0 Å². The van der Waals surface area contributed by atoms with E-state index in [0.29, 0.717) is 13.0 Å². The van der Waals surface area contributed by atoms with Crippen molar-refractivity contribution in [3.05, 3.63) is 0 Å². The first-order valence-electron chi connectivity index (χ1n) is 9.13. The summed E-state index contributed by atoms with van der Waals surface area (Å²) < 4.78 is 5.92. The molecule has 1 N–H and O–H groups in total. The fraction of sp³-hybridized carbons (Fsp3) is 1.00. The molecule has 0 aliphatic heterocycles. The Kier molecular flexibility index (Phi) is 11.4. The van der Waals surface area contributed by atoms with Crippen molar-refractivity contribution in [1.82, 2.24) is 0 Å². The Labute approximate surface area is 133 Å². The summed E-state index contributed by atoms with van der Waals surface area (Å²) in [7, 11) is 0. The maximum absolute atomic E-state index is 9.68. The lowest BCUT2D eigenvalue weighted by atomic mass is 9.98. The van der Waals surface area contributed by atoms with Crippen molar-refractivity contribution in [1.29, 1.82) is 0 Å². The molecule has 2 heteroatoms. The van der Waals surface area contributed by atoms with Crippen LogP contribution in [0.3, 0.4) is 0 Å². The number of rotatable bonds is 14. The second-order valence-electron chi connectivity index (χ2n) is 7.75. The highest BCUT2D eigenvalue weighted by molar-refractivity contribution is 4.71. The van der Waals surface area contributed by atoms with Crippen molar-refractivity contribution in [3.8, 4) is 0 Å². The van der Waals surface area contributed by atoms with Gasteiger partial charge in [0.2, 0.25) is 0 Å². The molecule has 0 unspecified atom stereocenters. The van der Waals surface area contributed by atoms with Gasteiger partial charge < -0.3 is 9.84 Å². The number of hydrogen-bond acceptors (Lipinski definition) is 2. The minimum Gasteiger partial charge on any atom is -0.390 e. The quantitative estimate of drug-likeness (QED) is 0.407. The van der Waals surface area contributed by atoms with Gasteiger partial charge in [-0.1, -0.05) is 64.7 Å². The lowest BCUT2D eigenvalue weighted by Gasteiger charge is -2.27. The zero-order chi connectivity index (χ0) is 16.2. The van der Waals surface area contributed by atoms with Gasteiger partial charge in [-0.3, -0.25) is 0 Å². The van der Waals surface area contributed by atoms with Gasteiger partial charge >= 0.3 is 0 Å². The van der Waals surface area contributed by atoms with E-state index in [0.717, 1.165) is 6.42 Å². The Hall–Kier alpha value is -0.0800. The zero-order valence-corrected chi connectivity index (χ0v) is 15.3. The van der Waals surface area contributed by atoms with Gasteiger partial charge in [0, 0.05) is 0 Å². The van der Waals surface area contributed by atoms with E-state index in [1.807, 2.05) is 13.8 Å². The van der Waals surface area contributed by atoms with Gasteiger partial charge in [-0.05, 0) is 40.5 Å². The Balaban J connectivity index is 3.44. The highest BCUT2D eigenvalue weighted by atomic mass is 16.5. The van der Waals surface area contributed by atoms with E-state index in [1.54, 1.807) is 0 Å². The van der Waals surface area contributed by atoms with Crippen LogP contribution >= 0.6 is 0 Å². The summed E-state index contributed by atoms with van der Waals surface area (Å²) in [6, 6.07) is 0. The summed E-state index contributed by atoms with van der Waals surface area (Å²) in [5.74, 6) is 0. The molecule has 0 aliphatic rings. The van der Waals surface area contributed by atoms with Crippen LogP contribution in [-0.4, -0.2) is 22.9 Å². The van der Waals surface area contributed by atoms with Crippen LogP contribution in [0.2, 0.25) is 0 Å². The Morgan fingerprint density at radius 3 is 1.67 bits per heavy atom. The first-order valence-corrected chi connectivity index (χ1v) is 9.13. The summed E-state index contributed by atoms with van der Waals surface area (Å²) in [5.41, 5.74) is -0.666. The van der Waals surface area contributed by atoms with Gasteiger partial charge in [0.15, 0.2) is 0 Å². The summed E-state index contributed by atoms with van der Waals surface area (Å²) >= 11 is 0. The van der Waals surface area contributed by atoms with E-state index in [9.17, 15) is 5.11 Å². The molecule has 21 heavy (non-hydrogen) atoms. The molecular weight excluding hydrogens is 260 g/mol. The van der Waals surface area contributed by atoms with E-state index in [-0.39, 0.29) is 5.60 Å². The molecule has 0 saturated heterocycles. The smallest absolute Gasteiger partial charge is 0.0626 e. The monoisotopic (exact) mass is 300 g/mol. The van der Waals surface area contributed by atoms with Crippen LogP contribution in [-0.2, 0) is 4.74 Å². The second-order valence-corrected chi connectivity index (χ2v) is 7.75. The lowest BCUT2D eigenvalue weighted by molar-refractivity contribution is -0.0509. The number of unbranched alkanes of at least 4 members (excludes halogenated alkanes) is 8. The first-order chi connectivity index (χ1) is 9.77. The van der Waals surface area contributed by atoms with Crippen molar-refractivity contribution in [3.63, 3.8) is 0 Å². The molecule has 0 aromatic rings. The Morgan fingerprint density at radius 1 is 0.714 bits per heavy atom. The molecule has 0 radical (unpaired) electrons. The minimum atomic E-state index is -0.617. The molecule has 0 spiro atoms. The van der Waals surface area contributed by atoms with E-state index in [2.05, 4.69) is 20.8 Å². The second kappa shape index (κ2) is 11.5. The van der Waals surface area contributed by atoms with E-state index < -0.39 is 5.60 Å². The third kappa shape index (κ3) is 16.1. The summed E-state index contributed by atoms with van der Waals surface area (Å²) in [4.78, 5) is 0. The minimum absolute atomic E-state index is 0.0492. The van der Waals surface area contributed by atoms with Crippen LogP contribution in [0.5, 0.6) is 0 Å². The molecule has 0 aromatic carbocycles. The number of ether oxygens (including phenoxy) is 1. The predicted octanol–water partition coefficient (Wildman–Crippen LogP) is 5.86. The molecule has 0 heterocycles. The molecule has 2 nitrogen and oxygen atoms in total. The van der Waals surface area contributed by atoms with Crippen LogP contribution in [0.25, 0.3) is 0 Å². The fourth-order valence-electron chi connectivity index (χ4n) is 2.51. The maximum Gasteiger partial charge on any atom is 0.0626 e. The highest BCUT2D eigenvalue weighted by Crippen LogP contribution is 2.21.